The number of nitrogens with one attached hydrogen (secondary N) is 1. The van der Waals surface area contributed by atoms with Gasteiger partial charge in [-0.1, -0.05) is 17.7 Å². The summed E-state index contributed by atoms with van der Waals surface area (Å²) in [7, 11) is 0. The van der Waals surface area contributed by atoms with Crippen LogP contribution in [0.1, 0.15) is 22.5 Å². The number of aryl methyl sites for hydroxylation is 2. The van der Waals surface area contributed by atoms with Gasteiger partial charge in [0.05, 0.1) is 11.2 Å². The van der Waals surface area contributed by atoms with Gasteiger partial charge in [0.15, 0.2) is 17.3 Å². The Balaban J connectivity index is 1.81. The van der Waals surface area contributed by atoms with Gasteiger partial charge in [-0.3, -0.25) is 0 Å². The van der Waals surface area contributed by atoms with Crippen molar-refractivity contribution in [2.45, 2.75) is 20.5 Å². The highest BCUT2D eigenvalue weighted by molar-refractivity contribution is 7.71. The van der Waals surface area contributed by atoms with Crippen LogP contribution in [0.3, 0.4) is 0 Å². The van der Waals surface area contributed by atoms with E-state index < -0.39 is 0 Å². The zero-order valence-corrected chi connectivity index (χ0v) is 16.2. The third kappa shape index (κ3) is 4.47. The molecule has 3 rings (SSSR count). The molecular weight excluding hydrogens is 388 g/mol. The Kier molecular flexibility index (Phi) is 5.48. The second-order valence-corrected chi connectivity index (χ2v) is 6.78. The highest BCUT2D eigenvalue weighted by Crippen LogP contribution is 2.33. The molecule has 2 aromatic carbocycles. The van der Waals surface area contributed by atoms with Crippen molar-refractivity contribution in [1.29, 1.82) is 0 Å². The van der Waals surface area contributed by atoms with Crippen LogP contribution in [0, 0.1) is 18.6 Å². The molecule has 3 aromatic rings. The van der Waals surface area contributed by atoms with Crippen molar-refractivity contribution in [3.8, 4) is 17.2 Å². The lowest BCUT2D eigenvalue weighted by atomic mass is 10.1. The van der Waals surface area contributed by atoms with Crippen molar-refractivity contribution >= 4 is 30.0 Å². The van der Waals surface area contributed by atoms with E-state index in [1.807, 2.05) is 26.0 Å². The highest BCUT2D eigenvalue weighted by atomic mass is 35.5. The lowest BCUT2D eigenvalue weighted by molar-refractivity contribution is 0.290. The van der Waals surface area contributed by atoms with Crippen molar-refractivity contribution < 1.29 is 14.9 Å². The standard InChI is InChI=1S/C18H17ClN4O3S/c1-10-3-11(2)5-13(4-10)26-9-16-21-22-18(27)23(16)20-8-12-6-14(19)17(25)15(24)7-12/h3-8,24-25H,9H2,1-2H3,(H,22,27)/b20-8+. The number of phenols is 2. The van der Waals surface area contributed by atoms with Crippen molar-refractivity contribution in [1.82, 2.24) is 14.9 Å². The summed E-state index contributed by atoms with van der Waals surface area (Å²) in [6, 6.07) is 8.73. The molecule has 0 atom stereocenters. The number of ether oxygens (including phenoxy) is 1. The van der Waals surface area contributed by atoms with Crippen molar-refractivity contribution in [3.05, 3.63) is 62.6 Å². The monoisotopic (exact) mass is 404 g/mol. The fourth-order valence-corrected chi connectivity index (χ4v) is 2.93. The number of H-pyrrole nitrogens is 1. The van der Waals surface area contributed by atoms with Crippen LogP contribution in [-0.4, -0.2) is 31.3 Å². The van der Waals surface area contributed by atoms with Crippen molar-refractivity contribution in [3.63, 3.8) is 0 Å². The third-order valence-electron chi connectivity index (χ3n) is 3.67. The maximum Gasteiger partial charge on any atom is 0.216 e. The van der Waals surface area contributed by atoms with Gasteiger partial charge in [-0.25, -0.2) is 5.10 Å². The first-order valence-corrected chi connectivity index (χ1v) is 8.75. The lowest BCUT2D eigenvalue weighted by Gasteiger charge is -2.07. The number of phenolic OH excluding ortho intramolecular Hbond substituents is 2. The molecule has 0 unspecified atom stereocenters. The van der Waals surface area contributed by atoms with Crippen LogP contribution >= 0.6 is 23.8 Å². The smallest absolute Gasteiger partial charge is 0.216 e. The fraction of sp³-hybridized carbons (Fsp3) is 0.167. The molecule has 7 nitrogen and oxygen atoms in total. The van der Waals surface area contributed by atoms with Crippen molar-refractivity contribution in [2.75, 3.05) is 0 Å². The number of nitrogens with zero attached hydrogens (tertiary/aromatic N) is 3. The maximum absolute atomic E-state index is 9.64. The largest absolute Gasteiger partial charge is 0.504 e. The zero-order valence-electron chi connectivity index (χ0n) is 14.6. The van der Waals surface area contributed by atoms with Gasteiger partial charge >= 0.3 is 0 Å². The summed E-state index contributed by atoms with van der Waals surface area (Å²) in [6.45, 7) is 4.16. The number of rotatable bonds is 5. The first kappa shape index (κ1) is 18.9. The molecule has 1 aromatic heterocycles. The third-order valence-corrected chi connectivity index (χ3v) is 4.22. The van der Waals surface area contributed by atoms with Crippen LogP contribution in [0.15, 0.2) is 35.4 Å². The number of hydrogen-bond acceptors (Lipinski definition) is 6. The minimum absolute atomic E-state index is 0.0191. The first-order valence-electron chi connectivity index (χ1n) is 7.96. The van der Waals surface area contributed by atoms with E-state index in [1.54, 1.807) is 0 Å². The van der Waals surface area contributed by atoms with Gasteiger partial charge < -0.3 is 14.9 Å². The Morgan fingerprint density at radius 1 is 1.22 bits per heavy atom. The van der Waals surface area contributed by atoms with Gasteiger partial charge in [-0.15, -0.1) is 0 Å². The van der Waals surface area contributed by atoms with E-state index in [-0.39, 0.29) is 23.1 Å². The molecule has 27 heavy (non-hydrogen) atoms. The van der Waals surface area contributed by atoms with E-state index in [0.717, 1.165) is 16.9 Å². The van der Waals surface area contributed by atoms with E-state index in [0.29, 0.717) is 16.2 Å². The normalized spacial score (nSPS) is 11.2. The number of aromatic amines is 1. The summed E-state index contributed by atoms with van der Waals surface area (Å²) in [6.07, 6.45) is 1.44. The fourth-order valence-electron chi connectivity index (χ4n) is 2.50. The molecule has 140 valence electrons. The molecule has 3 N–H and O–H groups in total. The summed E-state index contributed by atoms with van der Waals surface area (Å²) >= 11 is 11.0. The molecular formula is C18H17ClN4O3S. The van der Waals surface area contributed by atoms with Crippen LogP contribution in [0.4, 0.5) is 0 Å². The van der Waals surface area contributed by atoms with E-state index in [9.17, 15) is 10.2 Å². The molecule has 0 amide bonds. The number of halogens is 1. The van der Waals surface area contributed by atoms with Crippen LogP contribution < -0.4 is 4.74 Å². The molecule has 0 aliphatic rings. The number of aromatic nitrogens is 3. The Morgan fingerprint density at radius 2 is 1.93 bits per heavy atom. The molecule has 0 aliphatic heterocycles. The van der Waals surface area contributed by atoms with E-state index in [4.69, 9.17) is 28.6 Å². The van der Waals surface area contributed by atoms with Gasteiger partial charge in [0.2, 0.25) is 4.77 Å². The zero-order chi connectivity index (χ0) is 19.6. The van der Waals surface area contributed by atoms with Gasteiger partial charge in [-0.05, 0) is 67.0 Å². The molecule has 9 heteroatoms. The number of aromatic hydroxyl groups is 2. The van der Waals surface area contributed by atoms with E-state index in [2.05, 4.69) is 21.4 Å². The predicted molar refractivity (Wildman–Crippen MR) is 105 cm³/mol. The van der Waals surface area contributed by atoms with Crippen molar-refractivity contribution in [2.24, 2.45) is 5.10 Å². The average molecular weight is 405 g/mol. The van der Waals surface area contributed by atoms with Crippen LogP contribution in [0.25, 0.3) is 0 Å². The Morgan fingerprint density at radius 3 is 2.59 bits per heavy atom. The minimum Gasteiger partial charge on any atom is -0.504 e. The second-order valence-electron chi connectivity index (χ2n) is 5.98. The van der Waals surface area contributed by atoms with E-state index in [1.165, 1.54) is 23.0 Å². The summed E-state index contributed by atoms with van der Waals surface area (Å²) in [5.74, 6) is 0.492. The second kappa shape index (κ2) is 7.81. The summed E-state index contributed by atoms with van der Waals surface area (Å²) in [5.41, 5.74) is 2.69. The maximum atomic E-state index is 9.64. The predicted octanol–water partition coefficient (Wildman–Crippen LogP) is 4.08. The minimum atomic E-state index is -0.378. The summed E-state index contributed by atoms with van der Waals surface area (Å²) in [5, 5.41) is 30.2. The summed E-state index contributed by atoms with van der Waals surface area (Å²) in [4.78, 5) is 0. The SMILES string of the molecule is Cc1cc(C)cc(OCc2n[nH]c(=S)n2/N=C/c2cc(O)c(O)c(Cl)c2)c1. The van der Waals surface area contributed by atoms with Crippen LogP contribution in [0.2, 0.25) is 5.02 Å². The number of benzene rings is 2. The molecule has 0 bridgehead atoms. The molecule has 0 saturated carbocycles. The van der Waals surface area contributed by atoms with E-state index >= 15 is 0 Å². The molecule has 0 aliphatic carbocycles. The molecule has 0 radical (unpaired) electrons. The molecule has 0 fully saturated rings. The van der Waals surface area contributed by atoms with Crippen LogP contribution in [-0.2, 0) is 6.61 Å². The van der Waals surface area contributed by atoms with Gasteiger partial charge in [0.1, 0.15) is 12.4 Å². The Labute approximate surface area is 165 Å². The molecule has 0 saturated heterocycles. The Bertz CT molecular complexity index is 1030. The Hall–Kier alpha value is -2.84. The molecule has 0 spiro atoms. The lowest BCUT2D eigenvalue weighted by Crippen LogP contribution is -2.04. The highest BCUT2D eigenvalue weighted by Gasteiger charge is 2.09. The van der Waals surface area contributed by atoms with Gasteiger partial charge in [-0.2, -0.15) is 14.9 Å². The summed E-state index contributed by atoms with van der Waals surface area (Å²) < 4.78 is 7.50. The topological polar surface area (TPSA) is 95.7 Å². The molecule has 1 heterocycles. The van der Waals surface area contributed by atoms with Gasteiger partial charge in [0.25, 0.3) is 0 Å². The first-order chi connectivity index (χ1) is 12.8. The average Bonchev–Trinajstić information content (AvgIpc) is 2.95. The van der Waals surface area contributed by atoms with Crippen LogP contribution in [0.5, 0.6) is 17.2 Å². The van der Waals surface area contributed by atoms with Gasteiger partial charge in [0, 0.05) is 0 Å². The quantitative estimate of drug-likeness (QED) is 0.338. The number of hydrogen-bond donors (Lipinski definition) is 3.